The van der Waals surface area contributed by atoms with Gasteiger partial charge in [-0.25, -0.2) is 10.1 Å². The van der Waals surface area contributed by atoms with Gasteiger partial charge in [-0.1, -0.05) is 13.8 Å². The van der Waals surface area contributed by atoms with Gasteiger partial charge in [-0.2, -0.15) is 4.89 Å². The Hall–Kier alpha value is -0.650. The van der Waals surface area contributed by atoms with Gasteiger partial charge < -0.3 is 0 Å². The van der Waals surface area contributed by atoms with Gasteiger partial charge in [-0.05, 0) is 40.0 Å². The molecule has 0 spiro atoms. The van der Waals surface area contributed by atoms with E-state index in [4.69, 9.17) is 10.1 Å². The zero-order valence-corrected chi connectivity index (χ0v) is 11.6. The molecule has 5 heteroatoms. The van der Waals surface area contributed by atoms with Gasteiger partial charge in [0.15, 0.2) is 0 Å². The maximum atomic E-state index is 11.5. The number of hydrogen-bond acceptors (Lipinski definition) is 5. The molecule has 17 heavy (non-hydrogen) atoms. The summed E-state index contributed by atoms with van der Waals surface area (Å²) in [5.41, 5.74) is -0.658. The Labute approximate surface area is 103 Å². The maximum Gasteiger partial charge on any atom is 0.347 e. The number of rotatable bonds is 6. The second-order valence-electron chi connectivity index (χ2n) is 5.86. The monoisotopic (exact) mass is 248 g/mol. The number of hydrogen-bond donors (Lipinski definition) is 1. The summed E-state index contributed by atoms with van der Waals surface area (Å²) in [4.78, 5) is 25.3. The van der Waals surface area contributed by atoms with E-state index < -0.39 is 17.2 Å². The van der Waals surface area contributed by atoms with Crippen molar-refractivity contribution in [3.63, 3.8) is 0 Å². The molecule has 5 nitrogen and oxygen atoms in total. The molecule has 0 aromatic carbocycles. The first-order valence-corrected chi connectivity index (χ1v) is 5.83. The minimum absolute atomic E-state index is 0.429. The standard InChI is InChI=1S/C12H24O5/c1-9(2)7-8-12(6,16-14)17-15-10(13)11(3,4)5/h9,14H,7-8H2,1-6H3. The van der Waals surface area contributed by atoms with Crippen molar-refractivity contribution in [3.8, 4) is 0 Å². The second-order valence-corrected chi connectivity index (χ2v) is 5.86. The van der Waals surface area contributed by atoms with Gasteiger partial charge in [0.1, 0.15) is 0 Å². The molecule has 0 aromatic rings. The summed E-state index contributed by atoms with van der Waals surface area (Å²) in [6.07, 6.45) is 1.21. The van der Waals surface area contributed by atoms with Gasteiger partial charge in [-0.15, -0.1) is 4.89 Å². The van der Waals surface area contributed by atoms with Crippen LogP contribution in [0.1, 0.15) is 54.4 Å². The van der Waals surface area contributed by atoms with Gasteiger partial charge in [0.25, 0.3) is 0 Å². The molecule has 0 saturated heterocycles. The molecule has 1 unspecified atom stereocenters. The quantitative estimate of drug-likeness (QED) is 0.444. The van der Waals surface area contributed by atoms with Crippen LogP contribution in [0.3, 0.4) is 0 Å². The molecule has 0 bridgehead atoms. The molecule has 0 amide bonds. The molecule has 0 aromatic heterocycles. The summed E-state index contributed by atoms with van der Waals surface area (Å²) >= 11 is 0. The SMILES string of the molecule is CC(C)CCC(C)(OO)OOC(=O)C(C)(C)C. The molecule has 0 aliphatic rings. The summed E-state index contributed by atoms with van der Waals surface area (Å²) in [5.74, 6) is -1.39. The molecule has 0 fully saturated rings. The van der Waals surface area contributed by atoms with Gasteiger partial charge >= 0.3 is 5.97 Å². The summed E-state index contributed by atoms with van der Waals surface area (Å²) in [5, 5.41) is 8.80. The summed E-state index contributed by atoms with van der Waals surface area (Å²) in [7, 11) is 0. The lowest BCUT2D eigenvalue weighted by atomic mass is 9.98. The van der Waals surface area contributed by atoms with Crippen molar-refractivity contribution in [2.45, 2.75) is 60.2 Å². The van der Waals surface area contributed by atoms with E-state index in [0.717, 1.165) is 6.42 Å². The van der Waals surface area contributed by atoms with Crippen LogP contribution >= 0.6 is 0 Å². The van der Waals surface area contributed by atoms with E-state index in [1.807, 2.05) is 13.8 Å². The molecular weight excluding hydrogens is 224 g/mol. The Morgan fingerprint density at radius 2 is 1.76 bits per heavy atom. The minimum atomic E-state index is -1.31. The van der Waals surface area contributed by atoms with E-state index in [9.17, 15) is 4.79 Å². The molecule has 0 rings (SSSR count). The Morgan fingerprint density at radius 3 is 2.12 bits per heavy atom. The predicted octanol–water partition coefficient (Wildman–Crippen LogP) is 3.15. The fourth-order valence-corrected chi connectivity index (χ4v) is 0.904. The highest BCUT2D eigenvalue weighted by Gasteiger charge is 2.33. The fourth-order valence-electron chi connectivity index (χ4n) is 0.904. The molecule has 1 atom stereocenters. The molecule has 0 heterocycles. The minimum Gasteiger partial charge on any atom is -0.295 e. The van der Waals surface area contributed by atoms with Gasteiger partial charge in [0, 0.05) is 6.42 Å². The third-order valence-corrected chi connectivity index (χ3v) is 2.27. The van der Waals surface area contributed by atoms with Crippen LogP contribution in [0.15, 0.2) is 0 Å². The zero-order valence-electron chi connectivity index (χ0n) is 11.6. The maximum absolute atomic E-state index is 11.5. The third-order valence-electron chi connectivity index (χ3n) is 2.27. The highest BCUT2D eigenvalue weighted by Crippen LogP contribution is 2.24. The smallest absolute Gasteiger partial charge is 0.295 e. The molecule has 0 aliphatic carbocycles. The molecule has 0 radical (unpaired) electrons. The van der Waals surface area contributed by atoms with Crippen LogP contribution in [0, 0.1) is 11.3 Å². The largest absolute Gasteiger partial charge is 0.347 e. The molecule has 0 aliphatic heterocycles. The van der Waals surface area contributed by atoms with Crippen molar-refractivity contribution in [2.24, 2.45) is 11.3 Å². The first-order chi connectivity index (χ1) is 7.60. The van der Waals surface area contributed by atoms with Crippen LogP contribution in [0.2, 0.25) is 0 Å². The van der Waals surface area contributed by atoms with Gasteiger partial charge in [0.2, 0.25) is 5.79 Å². The number of carbonyl (C=O) groups excluding carboxylic acids is 1. The van der Waals surface area contributed by atoms with Crippen molar-refractivity contribution in [1.82, 2.24) is 0 Å². The first kappa shape index (κ1) is 16.4. The molecule has 0 saturated carbocycles. The lowest BCUT2D eigenvalue weighted by Crippen LogP contribution is -2.35. The molecule has 1 N–H and O–H groups in total. The summed E-state index contributed by atoms with van der Waals surface area (Å²) < 4.78 is 0. The molecule has 102 valence electrons. The van der Waals surface area contributed by atoms with Crippen LogP contribution in [0.25, 0.3) is 0 Å². The van der Waals surface area contributed by atoms with Crippen LogP contribution in [0.5, 0.6) is 0 Å². The van der Waals surface area contributed by atoms with Crippen LogP contribution in [-0.4, -0.2) is 17.0 Å². The lowest BCUT2D eigenvalue weighted by Gasteiger charge is -2.26. The average molecular weight is 248 g/mol. The number of carbonyl (C=O) groups is 1. The van der Waals surface area contributed by atoms with Crippen LogP contribution in [0.4, 0.5) is 0 Å². The normalized spacial score (nSPS) is 15.8. The van der Waals surface area contributed by atoms with Crippen molar-refractivity contribution in [3.05, 3.63) is 0 Å². The highest BCUT2D eigenvalue weighted by molar-refractivity contribution is 5.74. The average Bonchev–Trinajstić information content (AvgIpc) is 2.21. The van der Waals surface area contributed by atoms with Crippen molar-refractivity contribution >= 4 is 5.97 Å². The Balaban J connectivity index is 4.25. The Bertz CT molecular complexity index is 244. The molecular formula is C12H24O5. The van der Waals surface area contributed by atoms with Crippen LogP contribution in [-0.2, 0) is 19.5 Å². The van der Waals surface area contributed by atoms with E-state index >= 15 is 0 Å². The lowest BCUT2D eigenvalue weighted by molar-refractivity contribution is -0.481. The van der Waals surface area contributed by atoms with Crippen LogP contribution < -0.4 is 0 Å². The first-order valence-electron chi connectivity index (χ1n) is 5.83. The highest BCUT2D eigenvalue weighted by atomic mass is 17.3. The Morgan fingerprint density at radius 1 is 1.24 bits per heavy atom. The summed E-state index contributed by atoms with van der Waals surface area (Å²) in [6.45, 7) is 10.7. The predicted molar refractivity (Wildman–Crippen MR) is 62.8 cm³/mol. The van der Waals surface area contributed by atoms with Gasteiger partial charge in [-0.3, -0.25) is 4.89 Å². The van der Waals surface area contributed by atoms with E-state index in [2.05, 4.69) is 9.78 Å². The van der Waals surface area contributed by atoms with Crippen molar-refractivity contribution < 1.29 is 24.7 Å². The third kappa shape index (κ3) is 6.61. The van der Waals surface area contributed by atoms with Gasteiger partial charge in [0.05, 0.1) is 5.41 Å². The topological polar surface area (TPSA) is 65.0 Å². The van der Waals surface area contributed by atoms with Crippen molar-refractivity contribution in [1.29, 1.82) is 0 Å². The fraction of sp³-hybridized carbons (Fsp3) is 0.917. The summed E-state index contributed by atoms with van der Waals surface area (Å²) in [6, 6.07) is 0. The Kier molecular flexibility index (Phi) is 6.09. The van der Waals surface area contributed by atoms with E-state index in [-0.39, 0.29) is 0 Å². The zero-order chi connectivity index (χ0) is 13.7. The second kappa shape index (κ2) is 6.33. The van der Waals surface area contributed by atoms with E-state index in [1.54, 1.807) is 20.8 Å². The van der Waals surface area contributed by atoms with E-state index in [1.165, 1.54) is 6.92 Å². The van der Waals surface area contributed by atoms with Crippen molar-refractivity contribution in [2.75, 3.05) is 0 Å². The van der Waals surface area contributed by atoms with E-state index in [0.29, 0.717) is 12.3 Å².